The van der Waals surface area contributed by atoms with Crippen LogP contribution in [0.2, 0.25) is 0 Å². The Morgan fingerprint density at radius 3 is 2.52 bits per heavy atom. The zero-order valence-electron chi connectivity index (χ0n) is 17.0. The van der Waals surface area contributed by atoms with Gasteiger partial charge >= 0.3 is 0 Å². The molecular weight excluding hydrogens is 460 g/mol. The maximum absolute atomic E-state index is 13.0. The number of nitrogens with zero attached hydrogens (tertiary/aromatic N) is 2. The lowest BCUT2D eigenvalue weighted by Gasteiger charge is -2.33. The maximum atomic E-state index is 13.0. The summed E-state index contributed by atoms with van der Waals surface area (Å²) < 4.78 is 0.915. The van der Waals surface area contributed by atoms with Crippen LogP contribution in [0.3, 0.4) is 0 Å². The highest BCUT2D eigenvalue weighted by atomic mass is 79.9. The number of amidine groups is 1. The fourth-order valence-corrected chi connectivity index (χ4v) is 3.83. The van der Waals surface area contributed by atoms with Crippen molar-refractivity contribution in [2.24, 2.45) is 16.1 Å². The lowest BCUT2D eigenvalue weighted by atomic mass is 9.86. The summed E-state index contributed by atoms with van der Waals surface area (Å²) in [6.45, 7) is 7.65. The average Bonchev–Trinajstić information content (AvgIpc) is 3.14. The number of likely N-dealkylation sites (tertiary alicyclic amines) is 1. The van der Waals surface area contributed by atoms with Crippen LogP contribution >= 0.6 is 28.3 Å². The van der Waals surface area contributed by atoms with E-state index < -0.39 is 29.1 Å². The number of hydrogen-bond donors (Lipinski definition) is 3. The number of β-amino-alcohol motifs (C(OH)–C–C–N with tert-alkyl or cyclic N) is 1. The van der Waals surface area contributed by atoms with Crippen LogP contribution in [0.15, 0.2) is 33.7 Å². The number of rotatable bonds is 3. The Morgan fingerprint density at radius 1 is 1.38 bits per heavy atom. The molecule has 2 aliphatic heterocycles. The van der Waals surface area contributed by atoms with E-state index in [-0.39, 0.29) is 30.8 Å². The number of carbonyl (C=O) groups excluding carboxylic acids is 2. The third-order valence-electron chi connectivity index (χ3n) is 5.53. The van der Waals surface area contributed by atoms with E-state index >= 15 is 0 Å². The fourth-order valence-electron chi connectivity index (χ4n) is 3.56. The number of aliphatic hydroxyl groups is 1. The van der Waals surface area contributed by atoms with Crippen LogP contribution in [0.25, 0.3) is 0 Å². The maximum Gasteiger partial charge on any atom is 0.277 e. The van der Waals surface area contributed by atoms with E-state index in [1.807, 2.05) is 45.0 Å². The summed E-state index contributed by atoms with van der Waals surface area (Å²) >= 11 is 3.39. The topological polar surface area (TPSA) is 108 Å². The van der Waals surface area contributed by atoms with Crippen molar-refractivity contribution in [3.05, 3.63) is 34.3 Å². The molecule has 1 saturated heterocycles. The Kier molecular flexibility index (Phi) is 6.84. The molecular formula is C20H28BrClN4O3. The zero-order valence-corrected chi connectivity index (χ0v) is 19.4. The van der Waals surface area contributed by atoms with Gasteiger partial charge in [0.25, 0.3) is 5.91 Å². The molecule has 1 aromatic rings. The monoisotopic (exact) mass is 486 g/mol. The minimum Gasteiger partial charge on any atom is -0.391 e. The molecule has 2 amide bonds. The predicted molar refractivity (Wildman–Crippen MR) is 118 cm³/mol. The predicted octanol–water partition coefficient (Wildman–Crippen LogP) is 1.95. The highest BCUT2D eigenvalue weighted by Crippen LogP contribution is 2.31. The molecule has 160 valence electrons. The summed E-state index contributed by atoms with van der Waals surface area (Å²) in [6.07, 6.45) is -0.363. The van der Waals surface area contributed by atoms with Crippen molar-refractivity contribution >= 4 is 46.0 Å². The molecule has 2 unspecified atom stereocenters. The van der Waals surface area contributed by atoms with Crippen LogP contribution in [0.4, 0.5) is 0 Å². The number of amides is 2. The summed E-state index contributed by atoms with van der Waals surface area (Å²) in [7, 11) is 0. The van der Waals surface area contributed by atoms with Gasteiger partial charge in [0.15, 0.2) is 0 Å². The number of nitrogens with two attached hydrogens (primary N) is 1. The molecule has 1 aromatic carbocycles. The summed E-state index contributed by atoms with van der Waals surface area (Å²) in [6, 6.07) is 6.23. The minimum absolute atomic E-state index is 0. The summed E-state index contributed by atoms with van der Waals surface area (Å²) in [4.78, 5) is 31.5. The highest BCUT2D eigenvalue weighted by molar-refractivity contribution is 9.10. The van der Waals surface area contributed by atoms with Gasteiger partial charge < -0.3 is 21.1 Å². The number of halogens is 2. The van der Waals surface area contributed by atoms with Crippen LogP contribution in [0.5, 0.6) is 0 Å². The van der Waals surface area contributed by atoms with Crippen LogP contribution in [0, 0.1) is 5.41 Å². The molecule has 4 N–H and O–H groups in total. The van der Waals surface area contributed by atoms with E-state index in [1.165, 1.54) is 0 Å². The molecule has 0 spiro atoms. The van der Waals surface area contributed by atoms with E-state index in [9.17, 15) is 14.7 Å². The van der Waals surface area contributed by atoms with Crippen LogP contribution in [0.1, 0.15) is 39.7 Å². The molecule has 0 bridgehead atoms. The molecule has 7 nitrogen and oxygen atoms in total. The lowest BCUT2D eigenvalue weighted by Crippen LogP contribution is -2.55. The van der Waals surface area contributed by atoms with Crippen molar-refractivity contribution in [3.8, 4) is 0 Å². The van der Waals surface area contributed by atoms with Crippen LogP contribution < -0.4 is 11.1 Å². The number of nitrogens with one attached hydrogen (secondary N) is 1. The number of aliphatic imine (C=N–C) groups is 1. The standard InChI is InChI=1S/C20H27BrN4O3.ClH/c1-19(2,3)15(22)17(27)25-10-13(26)9-14(25)16-23-18(28)20(4,24-16)11-5-7-12(21)8-6-11;/h5-8,13-15,26H,9-10,22H2,1-4H3,(H,23,24,28);1H/t13-,14?,15-,20?;/m1./s1. The molecule has 0 aliphatic carbocycles. The number of carbonyl (C=O) groups is 2. The molecule has 0 radical (unpaired) electrons. The van der Waals surface area contributed by atoms with E-state index in [0.29, 0.717) is 12.3 Å². The molecule has 1 fully saturated rings. The fraction of sp³-hybridized carbons (Fsp3) is 0.550. The highest BCUT2D eigenvalue weighted by Gasteiger charge is 2.48. The first-order valence-corrected chi connectivity index (χ1v) is 10.1. The Morgan fingerprint density at radius 2 is 1.97 bits per heavy atom. The second kappa shape index (κ2) is 8.34. The van der Waals surface area contributed by atoms with Gasteiger partial charge in [-0.3, -0.25) is 9.59 Å². The Balaban J connectivity index is 0.00000300. The number of benzene rings is 1. The Labute approximate surface area is 185 Å². The van der Waals surface area contributed by atoms with Gasteiger partial charge in [-0.05, 0) is 30.0 Å². The van der Waals surface area contributed by atoms with E-state index in [4.69, 9.17) is 5.73 Å². The first-order chi connectivity index (χ1) is 12.9. The molecule has 2 aliphatic rings. The molecule has 29 heavy (non-hydrogen) atoms. The molecule has 0 saturated carbocycles. The van der Waals surface area contributed by atoms with Gasteiger partial charge in [-0.1, -0.05) is 48.8 Å². The minimum atomic E-state index is -1.01. The van der Waals surface area contributed by atoms with E-state index in [2.05, 4.69) is 26.2 Å². The third-order valence-corrected chi connectivity index (χ3v) is 6.05. The molecule has 3 rings (SSSR count). The number of aliphatic hydroxyl groups excluding tert-OH is 1. The van der Waals surface area contributed by atoms with Crippen molar-refractivity contribution in [2.75, 3.05) is 6.54 Å². The van der Waals surface area contributed by atoms with E-state index in [0.717, 1.165) is 10.0 Å². The number of hydrogen-bond acceptors (Lipinski definition) is 5. The van der Waals surface area contributed by atoms with Crippen LogP contribution in [-0.4, -0.2) is 52.4 Å². The average molecular weight is 488 g/mol. The summed E-state index contributed by atoms with van der Waals surface area (Å²) in [5.74, 6) is -0.164. The first-order valence-electron chi connectivity index (χ1n) is 9.35. The van der Waals surface area contributed by atoms with Gasteiger partial charge in [0.2, 0.25) is 5.91 Å². The largest absolute Gasteiger partial charge is 0.391 e. The molecule has 2 heterocycles. The van der Waals surface area contributed by atoms with Crippen molar-refractivity contribution in [1.29, 1.82) is 0 Å². The van der Waals surface area contributed by atoms with Crippen molar-refractivity contribution in [2.45, 2.75) is 57.8 Å². The quantitative estimate of drug-likeness (QED) is 0.604. The van der Waals surface area contributed by atoms with Gasteiger partial charge in [0, 0.05) is 17.4 Å². The zero-order chi connectivity index (χ0) is 20.9. The van der Waals surface area contributed by atoms with Gasteiger partial charge in [-0.25, -0.2) is 0 Å². The molecule has 9 heteroatoms. The lowest BCUT2D eigenvalue weighted by molar-refractivity contribution is -0.135. The Bertz CT molecular complexity index is 824. The van der Waals surface area contributed by atoms with Gasteiger partial charge in [0.05, 0.1) is 18.2 Å². The van der Waals surface area contributed by atoms with Crippen molar-refractivity contribution < 1.29 is 14.7 Å². The second-order valence-electron chi connectivity index (χ2n) is 8.80. The molecule has 4 atom stereocenters. The molecule has 0 aromatic heterocycles. The summed E-state index contributed by atoms with van der Waals surface area (Å²) in [5.41, 5.74) is 5.52. The Hall–Kier alpha value is -1.48. The van der Waals surface area contributed by atoms with Crippen LogP contribution in [-0.2, 0) is 15.1 Å². The second-order valence-corrected chi connectivity index (χ2v) is 9.71. The SMILES string of the molecule is CC1(c2ccc(Br)cc2)NC(C2C[C@@H](O)CN2C(=O)[C@@H](N)C(C)(C)C)=NC1=O.Cl. The van der Waals surface area contributed by atoms with Gasteiger partial charge in [0.1, 0.15) is 11.4 Å². The van der Waals surface area contributed by atoms with E-state index in [1.54, 1.807) is 11.8 Å². The van der Waals surface area contributed by atoms with Gasteiger partial charge in [-0.15, -0.1) is 12.4 Å². The smallest absolute Gasteiger partial charge is 0.277 e. The van der Waals surface area contributed by atoms with Crippen molar-refractivity contribution in [3.63, 3.8) is 0 Å². The van der Waals surface area contributed by atoms with Gasteiger partial charge in [-0.2, -0.15) is 4.99 Å². The first kappa shape index (κ1) is 23.8. The normalized spacial score (nSPS) is 27.9. The van der Waals surface area contributed by atoms with Crippen molar-refractivity contribution in [1.82, 2.24) is 10.2 Å². The third kappa shape index (κ3) is 4.50. The summed E-state index contributed by atoms with van der Waals surface area (Å²) in [5, 5.41) is 13.4.